The standard InChI is InChI=1S/C27H46O/c1-18(2)7-6-8-19(3)23-11-12-24-22-10-9-20-17-21(28)13-15-26(20,4)25(22)14-16-27(23,24)5/h9,18-19,21-25,28H,6-8,10-17H2,1-5H3/t19-,21+,22-,23+,24-,25-,26+,27-/m1/s1. The Morgan fingerprint density at radius 1 is 1.00 bits per heavy atom. The van der Waals surface area contributed by atoms with Crippen molar-refractivity contribution in [2.24, 2.45) is 46.3 Å². The Morgan fingerprint density at radius 3 is 2.54 bits per heavy atom. The maximum absolute atomic E-state index is 10.2. The summed E-state index contributed by atoms with van der Waals surface area (Å²) < 4.78 is 0. The van der Waals surface area contributed by atoms with E-state index < -0.39 is 0 Å². The molecule has 8 atom stereocenters. The average Bonchev–Trinajstić information content (AvgIpc) is 2.99. The number of hydrogen-bond donors (Lipinski definition) is 1. The van der Waals surface area contributed by atoms with Crippen molar-refractivity contribution in [3.63, 3.8) is 0 Å². The first-order valence-corrected chi connectivity index (χ1v) is 12.6. The highest BCUT2D eigenvalue weighted by Crippen LogP contribution is 2.67. The van der Waals surface area contributed by atoms with Crippen LogP contribution in [0.15, 0.2) is 11.6 Å². The van der Waals surface area contributed by atoms with E-state index in [4.69, 9.17) is 0 Å². The molecule has 0 spiro atoms. The van der Waals surface area contributed by atoms with E-state index in [1.807, 2.05) is 0 Å². The molecule has 0 saturated heterocycles. The Balaban J connectivity index is 1.49. The van der Waals surface area contributed by atoms with Gasteiger partial charge in [0.2, 0.25) is 0 Å². The second kappa shape index (κ2) is 7.75. The van der Waals surface area contributed by atoms with Crippen molar-refractivity contribution in [1.29, 1.82) is 0 Å². The molecule has 0 bridgehead atoms. The second-order valence-corrected chi connectivity index (χ2v) is 12.2. The van der Waals surface area contributed by atoms with Crippen LogP contribution in [0.4, 0.5) is 0 Å². The third-order valence-corrected chi connectivity index (χ3v) is 10.3. The molecule has 1 N–H and O–H groups in total. The number of aliphatic hydroxyl groups is 1. The fourth-order valence-electron chi connectivity index (χ4n) is 8.67. The molecule has 4 rings (SSSR count). The molecule has 0 aliphatic heterocycles. The maximum Gasteiger partial charge on any atom is 0.0577 e. The molecule has 160 valence electrons. The van der Waals surface area contributed by atoms with E-state index >= 15 is 0 Å². The minimum atomic E-state index is -0.0766. The van der Waals surface area contributed by atoms with Crippen LogP contribution >= 0.6 is 0 Å². The molecule has 4 aliphatic rings. The summed E-state index contributed by atoms with van der Waals surface area (Å²) >= 11 is 0. The van der Waals surface area contributed by atoms with Crippen LogP contribution in [0.1, 0.15) is 105 Å². The van der Waals surface area contributed by atoms with Gasteiger partial charge in [0.15, 0.2) is 0 Å². The molecule has 0 heterocycles. The van der Waals surface area contributed by atoms with E-state index in [9.17, 15) is 5.11 Å². The highest BCUT2D eigenvalue weighted by molar-refractivity contribution is 5.25. The normalized spacial score (nSPS) is 46.5. The average molecular weight is 387 g/mol. The predicted octanol–water partition coefficient (Wildman–Crippen LogP) is 7.39. The molecule has 0 aromatic heterocycles. The Labute approximate surface area is 174 Å². The number of fused-ring (bicyclic) bond motifs is 5. The van der Waals surface area contributed by atoms with E-state index in [0.717, 1.165) is 48.3 Å². The summed E-state index contributed by atoms with van der Waals surface area (Å²) in [6.45, 7) is 12.6. The van der Waals surface area contributed by atoms with Crippen molar-refractivity contribution in [3.05, 3.63) is 11.6 Å². The number of hydrogen-bond acceptors (Lipinski definition) is 1. The van der Waals surface area contributed by atoms with Crippen LogP contribution in [-0.4, -0.2) is 11.2 Å². The molecule has 0 radical (unpaired) electrons. The number of allylic oxidation sites excluding steroid dienone is 1. The van der Waals surface area contributed by atoms with Gasteiger partial charge in [-0.2, -0.15) is 0 Å². The molecular formula is C27H46O. The summed E-state index contributed by atoms with van der Waals surface area (Å²) in [5, 5.41) is 10.2. The van der Waals surface area contributed by atoms with Gasteiger partial charge in [-0.3, -0.25) is 0 Å². The lowest BCUT2D eigenvalue weighted by molar-refractivity contribution is -0.0573. The van der Waals surface area contributed by atoms with Gasteiger partial charge in [0.05, 0.1) is 6.10 Å². The Morgan fingerprint density at radius 2 is 1.79 bits per heavy atom. The molecule has 3 fully saturated rings. The van der Waals surface area contributed by atoms with E-state index in [0.29, 0.717) is 10.8 Å². The van der Waals surface area contributed by atoms with Crippen LogP contribution in [0.3, 0.4) is 0 Å². The molecule has 0 aromatic rings. The Bertz CT molecular complexity index is 591. The molecule has 4 aliphatic carbocycles. The minimum Gasteiger partial charge on any atom is -0.393 e. The minimum absolute atomic E-state index is 0.0766. The fraction of sp³-hybridized carbons (Fsp3) is 0.926. The lowest BCUT2D eigenvalue weighted by Gasteiger charge is -2.58. The number of rotatable bonds is 5. The van der Waals surface area contributed by atoms with Crippen LogP contribution in [0.5, 0.6) is 0 Å². The van der Waals surface area contributed by atoms with Gasteiger partial charge in [0.25, 0.3) is 0 Å². The van der Waals surface area contributed by atoms with Crippen molar-refractivity contribution in [1.82, 2.24) is 0 Å². The highest BCUT2D eigenvalue weighted by atomic mass is 16.3. The zero-order valence-corrected chi connectivity index (χ0v) is 19.3. The van der Waals surface area contributed by atoms with Crippen molar-refractivity contribution >= 4 is 0 Å². The lowest BCUT2D eigenvalue weighted by Crippen LogP contribution is -2.50. The molecule has 28 heavy (non-hydrogen) atoms. The van der Waals surface area contributed by atoms with Crippen molar-refractivity contribution in [2.75, 3.05) is 0 Å². The second-order valence-electron chi connectivity index (χ2n) is 12.2. The quantitative estimate of drug-likeness (QED) is 0.488. The van der Waals surface area contributed by atoms with Crippen LogP contribution < -0.4 is 0 Å². The summed E-state index contributed by atoms with van der Waals surface area (Å²) in [6, 6.07) is 0. The fourth-order valence-corrected chi connectivity index (χ4v) is 8.67. The maximum atomic E-state index is 10.2. The van der Waals surface area contributed by atoms with Gasteiger partial charge >= 0.3 is 0 Å². The van der Waals surface area contributed by atoms with Crippen molar-refractivity contribution in [3.8, 4) is 0 Å². The molecule has 3 saturated carbocycles. The smallest absolute Gasteiger partial charge is 0.0577 e. The summed E-state index contributed by atoms with van der Waals surface area (Å²) in [7, 11) is 0. The van der Waals surface area contributed by atoms with Gasteiger partial charge in [0.1, 0.15) is 0 Å². The lowest BCUT2D eigenvalue weighted by atomic mass is 9.47. The van der Waals surface area contributed by atoms with Gasteiger partial charge in [0, 0.05) is 0 Å². The largest absolute Gasteiger partial charge is 0.393 e. The Kier molecular flexibility index (Phi) is 5.80. The van der Waals surface area contributed by atoms with Gasteiger partial charge in [-0.05, 0) is 97.7 Å². The molecular weight excluding hydrogens is 340 g/mol. The van der Waals surface area contributed by atoms with Crippen molar-refractivity contribution < 1.29 is 5.11 Å². The first-order chi connectivity index (χ1) is 13.3. The van der Waals surface area contributed by atoms with Gasteiger partial charge in [-0.25, -0.2) is 0 Å². The first-order valence-electron chi connectivity index (χ1n) is 12.6. The van der Waals surface area contributed by atoms with Crippen LogP contribution in [-0.2, 0) is 0 Å². The molecule has 1 nitrogen and oxygen atoms in total. The SMILES string of the molecule is CC(C)CCC[C@@H](C)[C@@H]1CC[C@@H]2[C@H]3CC=C4C[C@@H](O)CC[C@]4(C)[C@@H]3CC[C@@]21C. The van der Waals surface area contributed by atoms with Crippen LogP contribution in [0, 0.1) is 46.3 Å². The topological polar surface area (TPSA) is 20.2 Å². The highest BCUT2D eigenvalue weighted by Gasteiger charge is 2.59. The number of aliphatic hydroxyl groups excluding tert-OH is 1. The van der Waals surface area contributed by atoms with Gasteiger partial charge < -0.3 is 5.11 Å². The Hall–Kier alpha value is -0.300. The monoisotopic (exact) mass is 386 g/mol. The summed E-state index contributed by atoms with van der Waals surface area (Å²) in [5.41, 5.74) is 2.60. The molecule has 0 unspecified atom stereocenters. The van der Waals surface area contributed by atoms with Crippen LogP contribution in [0.2, 0.25) is 0 Å². The van der Waals surface area contributed by atoms with Gasteiger partial charge in [-0.15, -0.1) is 0 Å². The molecule has 1 heteroatoms. The van der Waals surface area contributed by atoms with E-state index in [1.165, 1.54) is 57.8 Å². The summed E-state index contributed by atoms with van der Waals surface area (Å²) in [4.78, 5) is 0. The van der Waals surface area contributed by atoms with E-state index in [-0.39, 0.29) is 6.10 Å². The van der Waals surface area contributed by atoms with E-state index in [2.05, 4.69) is 40.7 Å². The zero-order valence-electron chi connectivity index (χ0n) is 19.3. The first kappa shape index (κ1) is 21.0. The van der Waals surface area contributed by atoms with E-state index in [1.54, 1.807) is 5.57 Å². The molecule has 0 amide bonds. The summed E-state index contributed by atoms with van der Waals surface area (Å²) in [6.07, 6.45) is 17.2. The summed E-state index contributed by atoms with van der Waals surface area (Å²) in [5.74, 6) is 5.46. The zero-order chi connectivity index (χ0) is 20.1. The van der Waals surface area contributed by atoms with Crippen LogP contribution in [0.25, 0.3) is 0 Å². The predicted molar refractivity (Wildman–Crippen MR) is 119 cm³/mol. The third kappa shape index (κ3) is 3.42. The van der Waals surface area contributed by atoms with Crippen molar-refractivity contribution in [2.45, 2.75) is 111 Å². The third-order valence-electron chi connectivity index (χ3n) is 10.3. The van der Waals surface area contributed by atoms with Gasteiger partial charge in [-0.1, -0.05) is 65.5 Å². The molecule has 0 aromatic carbocycles.